The molecule has 0 fully saturated rings. The molecular weight excluding hydrogens is 430 g/mol. The highest BCUT2D eigenvalue weighted by atomic mass is 127. The van der Waals surface area contributed by atoms with E-state index in [-0.39, 0.29) is 11.3 Å². The summed E-state index contributed by atoms with van der Waals surface area (Å²) in [5, 5.41) is 12.0. The van der Waals surface area contributed by atoms with E-state index >= 15 is 0 Å². The lowest BCUT2D eigenvalue weighted by atomic mass is 10.1. The summed E-state index contributed by atoms with van der Waals surface area (Å²) in [6, 6.07) is 7.61. The van der Waals surface area contributed by atoms with Crippen LogP contribution in [0.2, 0.25) is 0 Å². The molecule has 1 aromatic rings. The number of carbonyl (C=O) groups is 1. The van der Waals surface area contributed by atoms with E-state index in [4.69, 9.17) is 0 Å². The summed E-state index contributed by atoms with van der Waals surface area (Å²) in [4.78, 5) is 14.2. The molecule has 0 unspecified atom stereocenters. The Morgan fingerprint density at radius 3 is 2.70 bits per heavy atom. The van der Waals surface area contributed by atoms with E-state index in [1.54, 1.807) is 36.2 Å². The first-order valence-corrected chi connectivity index (χ1v) is 9.81. The van der Waals surface area contributed by atoms with E-state index in [0.29, 0.717) is 5.69 Å². The third-order valence-electron chi connectivity index (χ3n) is 2.70. The fraction of sp³-hybridized carbons (Fsp3) is 0.200. The Morgan fingerprint density at radius 1 is 1.48 bits per heavy atom. The minimum absolute atomic E-state index is 0.0000167. The quantitative estimate of drug-likeness (QED) is 0.323. The summed E-state index contributed by atoms with van der Waals surface area (Å²) < 4.78 is 15.5. The van der Waals surface area contributed by atoms with Gasteiger partial charge in [0.2, 0.25) is 5.78 Å². The van der Waals surface area contributed by atoms with E-state index < -0.39 is 11.6 Å². The highest BCUT2D eigenvalue weighted by Crippen LogP contribution is 2.20. The molecule has 0 atom stereocenters. The number of allylic oxidation sites excluding steroid dienone is 1. The summed E-state index contributed by atoms with van der Waals surface area (Å²) >= 11 is 2.01. The number of nitrogens with zero attached hydrogens (tertiary/aromatic N) is 3. The van der Waals surface area contributed by atoms with Crippen molar-refractivity contribution in [2.24, 2.45) is 0 Å². The number of rotatable bonds is 5. The van der Waals surface area contributed by atoms with Crippen molar-refractivity contribution in [1.29, 1.82) is 5.26 Å². The first-order chi connectivity index (χ1) is 10.9. The average molecular weight is 446 g/mol. The lowest BCUT2D eigenvalue weighted by Gasteiger charge is -2.08. The number of carbonyl (C=O) groups excluding carboxylic acids is 1. The highest BCUT2D eigenvalue weighted by Gasteiger charge is 2.15. The minimum Gasteiger partial charge on any atom is -0.386 e. The van der Waals surface area contributed by atoms with Crippen LogP contribution in [-0.2, 0) is 0 Å². The van der Waals surface area contributed by atoms with Crippen molar-refractivity contribution in [2.75, 3.05) is 26.5 Å². The summed E-state index contributed by atoms with van der Waals surface area (Å²) in [6.45, 7) is 0. The van der Waals surface area contributed by atoms with Gasteiger partial charge in [-0.2, -0.15) is 5.26 Å². The number of nitriles is 1. The normalized spacial score (nSPS) is 10.5. The molecule has 0 aliphatic carbocycles. The molecule has 122 valence electrons. The van der Waals surface area contributed by atoms with Crippen molar-refractivity contribution in [3.63, 3.8) is 0 Å². The third kappa shape index (κ3) is 5.44. The van der Waals surface area contributed by atoms with Crippen LogP contribution in [0, 0.1) is 17.1 Å². The van der Waals surface area contributed by atoms with Gasteiger partial charge >= 0.3 is 0 Å². The molecule has 0 bridgehead atoms. The maximum absolute atomic E-state index is 13.9. The Morgan fingerprint density at radius 2 is 2.17 bits per heavy atom. The minimum atomic E-state index is -0.448. The molecule has 1 aromatic heterocycles. The van der Waals surface area contributed by atoms with Gasteiger partial charge in [0.1, 0.15) is 23.2 Å². The van der Waals surface area contributed by atoms with E-state index in [1.807, 2.05) is 27.3 Å². The molecule has 0 saturated carbocycles. The van der Waals surface area contributed by atoms with Gasteiger partial charge in [0.15, 0.2) is 0 Å². The van der Waals surface area contributed by atoms with Crippen LogP contribution < -0.4 is 5.32 Å². The summed E-state index contributed by atoms with van der Waals surface area (Å²) in [6.07, 6.45) is 3.03. The van der Waals surface area contributed by atoms with Crippen molar-refractivity contribution in [1.82, 2.24) is 8.87 Å². The molecule has 0 aromatic carbocycles. The van der Waals surface area contributed by atoms with Gasteiger partial charge in [-0.05, 0) is 18.2 Å². The van der Waals surface area contributed by atoms with Crippen molar-refractivity contribution in [2.45, 2.75) is 0 Å². The number of aromatic nitrogens is 1. The fourth-order valence-electron chi connectivity index (χ4n) is 1.66. The van der Waals surface area contributed by atoms with E-state index in [1.165, 1.54) is 39.6 Å². The summed E-state index contributed by atoms with van der Waals surface area (Å²) in [5.41, 5.74) is 0.555. The zero-order chi connectivity index (χ0) is 17.4. The molecule has 1 N–H and O–H groups in total. The van der Waals surface area contributed by atoms with Gasteiger partial charge in [-0.1, -0.05) is 6.07 Å². The zero-order valence-corrected chi connectivity index (χ0v) is 15.9. The molecule has 0 radical (unpaired) electrons. The SMILES string of the molecule is CNc1ccn(SI)c(C(=O)/C(C#N)=C/N(C)C)cccc1F. The lowest BCUT2D eigenvalue weighted by molar-refractivity contribution is 0.103. The molecule has 8 heteroatoms. The van der Waals surface area contributed by atoms with Gasteiger partial charge in [-0.3, -0.25) is 8.77 Å². The molecule has 0 aliphatic rings. The van der Waals surface area contributed by atoms with Crippen LogP contribution in [-0.4, -0.2) is 35.8 Å². The molecule has 5 nitrogen and oxygen atoms in total. The average Bonchev–Trinajstić information content (AvgIpc) is 2.60. The lowest BCUT2D eigenvalue weighted by Crippen LogP contribution is -2.11. The standard InChI is InChI=1S/C15H16FIN4OS/c1-19-13-7-8-21(23-17)14(6-4-5-12(13)16)15(22)11(9-18)10-20(2)3/h4-8,10,19H,1-3H3/b5-4?,8-7?,11-10+,13-12?,14-6?. The van der Waals surface area contributed by atoms with E-state index in [2.05, 4.69) is 5.32 Å². The molecule has 1 heterocycles. The van der Waals surface area contributed by atoms with Gasteiger partial charge in [0.25, 0.3) is 0 Å². The molecule has 1 rings (SSSR count). The van der Waals surface area contributed by atoms with Crippen molar-refractivity contribution < 1.29 is 9.18 Å². The Bertz CT molecular complexity index is 708. The molecular formula is C15H16FIN4OS. The number of halogens is 2. The van der Waals surface area contributed by atoms with Gasteiger partial charge in [0, 0.05) is 63.9 Å². The predicted octanol–water partition coefficient (Wildman–Crippen LogP) is 3.79. The maximum Gasteiger partial charge on any atom is 0.222 e. The number of anilines is 1. The second-order valence-electron chi connectivity index (χ2n) is 4.58. The van der Waals surface area contributed by atoms with Crippen LogP contribution in [0.25, 0.3) is 0 Å². The van der Waals surface area contributed by atoms with Crippen LogP contribution in [0.4, 0.5) is 10.1 Å². The predicted molar refractivity (Wildman–Crippen MR) is 100 cm³/mol. The van der Waals surface area contributed by atoms with Crippen LogP contribution in [0.3, 0.4) is 0 Å². The second kappa shape index (κ2) is 9.42. The van der Waals surface area contributed by atoms with Crippen LogP contribution in [0.15, 0.2) is 42.2 Å². The van der Waals surface area contributed by atoms with Crippen molar-refractivity contribution in [3.8, 4) is 6.07 Å². The molecule has 0 spiro atoms. The van der Waals surface area contributed by atoms with E-state index in [9.17, 15) is 14.4 Å². The van der Waals surface area contributed by atoms with Crippen molar-refractivity contribution >= 4 is 41.8 Å². The third-order valence-corrected chi connectivity index (χ3v) is 4.44. The number of nitrogens with one attached hydrogen (secondary N) is 1. The number of hydrogen-bond donors (Lipinski definition) is 1. The summed E-state index contributed by atoms with van der Waals surface area (Å²) in [7, 11) is 6.31. The monoisotopic (exact) mass is 446 g/mol. The molecule has 23 heavy (non-hydrogen) atoms. The molecule has 0 saturated heterocycles. The number of hydrogen-bond acceptors (Lipinski definition) is 5. The topological polar surface area (TPSA) is 61.1 Å². The second-order valence-corrected chi connectivity index (χ2v) is 6.29. The molecule has 0 amide bonds. The molecule has 0 aliphatic heterocycles. The zero-order valence-electron chi connectivity index (χ0n) is 12.9. The Kier molecular flexibility index (Phi) is 7.91. The van der Waals surface area contributed by atoms with Crippen LogP contribution in [0.5, 0.6) is 0 Å². The first kappa shape index (κ1) is 19.3. The Balaban J connectivity index is 3.58. The van der Waals surface area contributed by atoms with Gasteiger partial charge in [-0.25, -0.2) is 4.39 Å². The van der Waals surface area contributed by atoms with E-state index in [0.717, 1.165) is 0 Å². The van der Waals surface area contributed by atoms with Crippen LogP contribution in [0.1, 0.15) is 10.5 Å². The van der Waals surface area contributed by atoms with Gasteiger partial charge < -0.3 is 10.2 Å². The maximum atomic E-state index is 13.9. The Hall–Kier alpha value is -1.73. The van der Waals surface area contributed by atoms with Gasteiger partial charge in [0.05, 0.1) is 5.69 Å². The summed E-state index contributed by atoms with van der Waals surface area (Å²) in [5.74, 6) is -0.885. The van der Waals surface area contributed by atoms with Gasteiger partial charge in [-0.15, -0.1) is 0 Å². The first-order valence-electron chi connectivity index (χ1n) is 6.49. The smallest absolute Gasteiger partial charge is 0.222 e. The fourth-order valence-corrected chi connectivity index (χ4v) is 3.02. The highest BCUT2D eigenvalue weighted by molar-refractivity contribution is 14.2. The Labute approximate surface area is 151 Å². The van der Waals surface area contributed by atoms with Crippen LogP contribution >= 0.6 is 30.3 Å². The largest absolute Gasteiger partial charge is 0.386 e. The number of ketones is 1. The van der Waals surface area contributed by atoms with Crippen molar-refractivity contribution in [3.05, 3.63) is 53.7 Å². The number of Topliss-reactive ketones (excluding diaryl/α,β-unsaturated/α-hetero) is 1.